The van der Waals surface area contributed by atoms with E-state index in [2.05, 4.69) is 134 Å². The first-order chi connectivity index (χ1) is 17.6. The molecular formula is C35H25N. The van der Waals surface area contributed by atoms with Crippen LogP contribution in [0.4, 0.5) is 0 Å². The molecule has 0 saturated carbocycles. The molecule has 1 heteroatoms. The molecule has 1 nitrogen and oxygen atoms in total. The fraction of sp³-hybridized carbons (Fsp3) is 0.0857. The lowest BCUT2D eigenvalue weighted by Gasteiger charge is -2.21. The van der Waals surface area contributed by atoms with Crippen molar-refractivity contribution < 1.29 is 0 Å². The first-order valence-electron chi connectivity index (χ1n) is 12.7. The Morgan fingerprint density at radius 1 is 0.472 bits per heavy atom. The van der Waals surface area contributed by atoms with Crippen molar-refractivity contribution in [1.82, 2.24) is 4.57 Å². The third kappa shape index (κ3) is 2.40. The number of para-hydroxylation sites is 1. The van der Waals surface area contributed by atoms with Crippen molar-refractivity contribution in [3.63, 3.8) is 0 Å². The van der Waals surface area contributed by atoms with Gasteiger partial charge >= 0.3 is 0 Å². The fourth-order valence-corrected chi connectivity index (χ4v) is 6.69. The SMILES string of the molecule is CC1(C)c2ccc3ccccc3c2-c2c1ccc1c3ccccc3n(-c3cccc4ccccc34)c21. The number of hydrogen-bond donors (Lipinski definition) is 0. The number of benzene rings is 6. The van der Waals surface area contributed by atoms with E-state index in [1.807, 2.05) is 0 Å². The van der Waals surface area contributed by atoms with E-state index in [0.29, 0.717) is 0 Å². The monoisotopic (exact) mass is 459 g/mol. The molecule has 0 spiro atoms. The maximum atomic E-state index is 2.53. The molecule has 0 saturated heterocycles. The molecule has 0 radical (unpaired) electrons. The Balaban J connectivity index is 1.65. The van der Waals surface area contributed by atoms with Crippen molar-refractivity contribution in [2.24, 2.45) is 0 Å². The first-order valence-corrected chi connectivity index (χ1v) is 12.7. The van der Waals surface area contributed by atoms with Gasteiger partial charge in [-0.25, -0.2) is 0 Å². The van der Waals surface area contributed by atoms with Crippen LogP contribution in [0.5, 0.6) is 0 Å². The van der Waals surface area contributed by atoms with Crippen LogP contribution in [-0.4, -0.2) is 4.57 Å². The van der Waals surface area contributed by atoms with Crippen molar-refractivity contribution in [3.8, 4) is 16.8 Å². The van der Waals surface area contributed by atoms with E-state index in [4.69, 9.17) is 0 Å². The molecule has 0 atom stereocenters. The van der Waals surface area contributed by atoms with Crippen LogP contribution >= 0.6 is 0 Å². The number of fused-ring (bicyclic) bond motifs is 10. The predicted molar refractivity (Wildman–Crippen MR) is 153 cm³/mol. The van der Waals surface area contributed by atoms with Crippen LogP contribution < -0.4 is 0 Å². The standard InChI is InChI=1S/C35H25N/c1-35(2)28-20-18-23-11-4-6-14-25(23)32(28)33-29(35)21-19-27-26-15-7-8-16-31(26)36(34(27)33)30-17-9-12-22-10-3-5-13-24(22)30/h3-21H,1-2H3. The summed E-state index contributed by atoms with van der Waals surface area (Å²) >= 11 is 0. The molecular weight excluding hydrogens is 434 g/mol. The lowest BCUT2D eigenvalue weighted by atomic mass is 9.82. The van der Waals surface area contributed by atoms with Gasteiger partial charge in [0.05, 0.1) is 16.7 Å². The summed E-state index contributed by atoms with van der Waals surface area (Å²) in [6, 6.07) is 42.5. The van der Waals surface area contributed by atoms with Gasteiger partial charge < -0.3 is 4.57 Å². The lowest BCUT2D eigenvalue weighted by molar-refractivity contribution is 0.661. The third-order valence-corrected chi connectivity index (χ3v) is 8.37. The molecule has 7 aromatic rings. The van der Waals surface area contributed by atoms with Gasteiger partial charge in [0.2, 0.25) is 0 Å². The summed E-state index contributed by atoms with van der Waals surface area (Å²) in [5, 5.41) is 7.78. The van der Waals surface area contributed by atoms with Gasteiger partial charge in [-0.05, 0) is 45.0 Å². The molecule has 0 N–H and O–H groups in total. The molecule has 0 amide bonds. The van der Waals surface area contributed by atoms with Gasteiger partial charge in [-0.1, -0.05) is 117 Å². The quantitative estimate of drug-likeness (QED) is 0.230. The van der Waals surface area contributed by atoms with Gasteiger partial charge in [0.15, 0.2) is 0 Å². The molecule has 8 rings (SSSR count). The van der Waals surface area contributed by atoms with Crippen LogP contribution in [0, 0.1) is 0 Å². The second-order valence-corrected chi connectivity index (χ2v) is 10.6. The van der Waals surface area contributed by atoms with E-state index in [0.717, 1.165) is 0 Å². The Labute approximate surface area is 210 Å². The van der Waals surface area contributed by atoms with Crippen molar-refractivity contribution >= 4 is 43.4 Å². The highest BCUT2D eigenvalue weighted by atomic mass is 15.0. The molecule has 1 aliphatic rings. The molecule has 170 valence electrons. The number of rotatable bonds is 1. The van der Waals surface area contributed by atoms with E-state index in [1.165, 1.54) is 71.3 Å². The average molecular weight is 460 g/mol. The zero-order chi connectivity index (χ0) is 24.0. The summed E-state index contributed by atoms with van der Waals surface area (Å²) in [5.41, 5.74) is 9.33. The Bertz CT molecular complexity index is 2010. The van der Waals surface area contributed by atoms with E-state index in [-0.39, 0.29) is 5.41 Å². The van der Waals surface area contributed by atoms with Crippen LogP contribution in [0.3, 0.4) is 0 Å². The minimum absolute atomic E-state index is 0.0665. The summed E-state index contributed by atoms with van der Waals surface area (Å²) in [4.78, 5) is 0. The summed E-state index contributed by atoms with van der Waals surface area (Å²) in [5.74, 6) is 0. The Morgan fingerprint density at radius 3 is 1.92 bits per heavy atom. The smallest absolute Gasteiger partial charge is 0.0623 e. The van der Waals surface area contributed by atoms with Gasteiger partial charge in [-0.2, -0.15) is 0 Å². The van der Waals surface area contributed by atoms with Gasteiger partial charge in [-0.3, -0.25) is 0 Å². The summed E-state index contributed by atoms with van der Waals surface area (Å²) < 4.78 is 2.53. The van der Waals surface area contributed by atoms with Crippen molar-refractivity contribution in [1.29, 1.82) is 0 Å². The average Bonchev–Trinajstić information content (AvgIpc) is 3.37. The molecule has 0 fully saturated rings. The highest BCUT2D eigenvalue weighted by Crippen LogP contribution is 2.55. The van der Waals surface area contributed by atoms with E-state index < -0.39 is 0 Å². The lowest BCUT2D eigenvalue weighted by Crippen LogP contribution is -2.14. The number of nitrogens with zero attached hydrogens (tertiary/aromatic N) is 1. The van der Waals surface area contributed by atoms with Crippen LogP contribution in [0.15, 0.2) is 115 Å². The van der Waals surface area contributed by atoms with E-state index in [1.54, 1.807) is 0 Å². The van der Waals surface area contributed by atoms with E-state index in [9.17, 15) is 0 Å². The zero-order valence-corrected chi connectivity index (χ0v) is 20.4. The normalized spacial score (nSPS) is 14.1. The summed E-state index contributed by atoms with van der Waals surface area (Å²) in [7, 11) is 0. The Hall–Kier alpha value is -4.36. The molecule has 0 bridgehead atoms. The summed E-state index contributed by atoms with van der Waals surface area (Å²) in [6.45, 7) is 4.76. The second kappa shape index (κ2) is 6.86. The highest BCUT2D eigenvalue weighted by molar-refractivity contribution is 6.19. The third-order valence-electron chi connectivity index (χ3n) is 8.37. The van der Waals surface area contributed by atoms with Crippen molar-refractivity contribution in [2.75, 3.05) is 0 Å². The summed E-state index contributed by atoms with van der Waals surface area (Å²) in [6.07, 6.45) is 0. The molecule has 36 heavy (non-hydrogen) atoms. The van der Waals surface area contributed by atoms with Gasteiger partial charge in [-0.15, -0.1) is 0 Å². The molecule has 0 aliphatic heterocycles. The molecule has 6 aromatic carbocycles. The molecule has 1 aromatic heterocycles. The number of aromatic nitrogens is 1. The van der Waals surface area contributed by atoms with Crippen molar-refractivity contribution in [3.05, 3.63) is 126 Å². The minimum Gasteiger partial charge on any atom is -0.308 e. The van der Waals surface area contributed by atoms with Gasteiger partial charge in [0.25, 0.3) is 0 Å². The maximum absolute atomic E-state index is 2.53. The van der Waals surface area contributed by atoms with Crippen LogP contribution in [-0.2, 0) is 5.41 Å². The first kappa shape index (κ1) is 19.9. The van der Waals surface area contributed by atoms with E-state index >= 15 is 0 Å². The van der Waals surface area contributed by atoms with Gasteiger partial charge in [0.1, 0.15) is 0 Å². The van der Waals surface area contributed by atoms with Crippen LogP contribution in [0.2, 0.25) is 0 Å². The fourth-order valence-electron chi connectivity index (χ4n) is 6.69. The molecule has 1 aliphatic carbocycles. The second-order valence-electron chi connectivity index (χ2n) is 10.6. The predicted octanol–water partition coefficient (Wildman–Crippen LogP) is 9.40. The number of hydrogen-bond acceptors (Lipinski definition) is 0. The Kier molecular flexibility index (Phi) is 3.79. The van der Waals surface area contributed by atoms with Crippen LogP contribution in [0.1, 0.15) is 25.0 Å². The largest absolute Gasteiger partial charge is 0.308 e. The topological polar surface area (TPSA) is 4.93 Å². The Morgan fingerprint density at radius 2 is 1.08 bits per heavy atom. The molecule has 1 heterocycles. The molecule has 0 unspecified atom stereocenters. The maximum Gasteiger partial charge on any atom is 0.0623 e. The van der Waals surface area contributed by atoms with Crippen LogP contribution in [0.25, 0.3) is 60.2 Å². The van der Waals surface area contributed by atoms with Crippen molar-refractivity contribution in [2.45, 2.75) is 19.3 Å². The highest BCUT2D eigenvalue weighted by Gasteiger charge is 2.38. The minimum atomic E-state index is -0.0665. The van der Waals surface area contributed by atoms with Gasteiger partial charge in [0, 0.05) is 27.1 Å². The zero-order valence-electron chi connectivity index (χ0n) is 20.4.